The van der Waals surface area contributed by atoms with E-state index < -0.39 is 5.91 Å². The molecule has 0 radical (unpaired) electrons. The van der Waals surface area contributed by atoms with E-state index in [4.69, 9.17) is 21.1 Å². The molecule has 1 amide bonds. The predicted molar refractivity (Wildman–Crippen MR) is 105 cm³/mol. The Morgan fingerprint density at radius 1 is 1.44 bits per heavy atom. The van der Waals surface area contributed by atoms with Crippen molar-refractivity contribution < 1.29 is 14.3 Å². The lowest BCUT2D eigenvalue weighted by Crippen LogP contribution is -2.13. The summed E-state index contributed by atoms with van der Waals surface area (Å²) in [6.45, 7) is 4.35. The molecule has 1 unspecified atom stereocenters. The van der Waals surface area contributed by atoms with E-state index in [-0.39, 0.29) is 11.7 Å². The standard InChI is InChI=1S/C21H19ClN2O3/c1-3-26-19-10-14-8-13(2)27-20(14)11-15(19)9-16(12-23)21(25)24-18-7-5-4-6-17(18)22/h4-7,9-11,13H,3,8H2,1-2H3,(H,24,25)/b16-9+. The first-order valence-electron chi connectivity index (χ1n) is 8.65. The van der Waals surface area contributed by atoms with Gasteiger partial charge in [-0.3, -0.25) is 4.79 Å². The molecule has 0 fully saturated rings. The number of nitriles is 1. The average molecular weight is 383 g/mol. The second-order valence-corrected chi connectivity index (χ2v) is 6.57. The predicted octanol–water partition coefficient (Wildman–Crippen LogP) is 4.61. The maximum absolute atomic E-state index is 12.5. The third-order valence-electron chi connectivity index (χ3n) is 4.12. The first-order valence-corrected chi connectivity index (χ1v) is 9.03. The van der Waals surface area contributed by atoms with E-state index in [0.717, 1.165) is 17.7 Å². The molecule has 3 rings (SSSR count). The van der Waals surface area contributed by atoms with Crippen LogP contribution in [0, 0.1) is 11.3 Å². The second-order valence-electron chi connectivity index (χ2n) is 6.17. The van der Waals surface area contributed by atoms with Gasteiger partial charge in [0.25, 0.3) is 5.91 Å². The fourth-order valence-corrected chi connectivity index (χ4v) is 3.09. The van der Waals surface area contributed by atoms with Gasteiger partial charge in [-0.1, -0.05) is 23.7 Å². The smallest absolute Gasteiger partial charge is 0.266 e. The van der Waals surface area contributed by atoms with Gasteiger partial charge < -0.3 is 14.8 Å². The van der Waals surface area contributed by atoms with Gasteiger partial charge in [0.15, 0.2) is 0 Å². The Morgan fingerprint density at radius 3 is 2.93 bits per heavy atom. The molecule has 138 valence electrons. The topological polar surface area (TPSA) is 71.3 Å². The van der Waals surface area contributed by atoms with Crippen LogP contribution in [-0.2, 0) is 11.2 Å². The lowest BCUT2D eigenvalue weighted by Gasteiger charge is -2.11. The molecule has 0 bridgehead atoms. The van der Waals surface area contributed by atoms with Crippen LogP contribution >= 0.6 is 11.6 Å². The molecule has 1 aliphatic rings. The molecule has 1 N–H and O–H groups in total. The van der Waals surface area contributed by atoms with Crippen LogP contribution in [0.15, 0.2) is 42.0 Å². The third kappa shape index (κ3) is 4.24. The number of hydrogen-bond acceptors (Lipinski definition) is 4. The van der Waals surface area contributed by atoms with Crippen LogP contribution in [0.5, 0.6) is 11.5 Å². The summed E-state index contributed by atoms with van der Waals surface area (Å²) in [6.07, 6.45) is 2.40. The summed E-state index contributed by atoms with van der Waals surface area (Å²) < 4.78 is 11.5. The molecule has 27 heavy (non-hydrogen) atoms. The number of benzene rings is 2. The Labute approximate surface area is 163 Å². The fraction of sp³-hybridized carbons (Fsp3) is 0.238. The third-order valence-corrected chi connectivity index (χ3v) is 4.44. The fourth-order valence-electron chi connectivity index (χ4n) is 2.90. The normalized spacial score (nSPS) is 15.5. The maximum Gasteiger partial charge on any atom is 0.266 e. The summed E-state index contributed by atoms with van der Waals surface area (Å²) in [5.41, 5.74) is 2.07. The number of ether oxygens (including phenoxy) is 2. The largest absolute Gasteiger partial charge is 0.493 e. The van der Waals surface area contributed by atoms with E-state index in [0.29, 0.717) is 28.6 Å². The molecule has 0 aromatic heterocycles. The Morgan fingerprint density at radius 2 is 2.22 bits per heavy atom. The number of rotatable bonds is 5. The van der Waals surface area contributed by atoms with E-state index >= 15 is 0 Å². The highest BCUT2D eigenvalue weighted by Crippen LogP contribution is 2.36. The number of anilines is 1. The van der Waals surface area contributed by atoms with Gasteiger partial charge in [0.2, 0.25) is 0 Å². The van der Waals surface area contributed by atoms with Gasteiger partial charge >= 0.3 is 0 Å². The number of halogens is 1. The van der Waals surface area contributed by atoms with Gasteiger partial charge in [0.05, 0.1) is 17.3 Å². The van der Waals surface area contributed by atoms with Crippen molar-refractivity contribution in [3.63, 3.8) is 0 Å². The van der Waals surface area contributed by atoms with Crippen LogP contribution in [0.25, 0.3) is 6.08 Å². The van der Waals surface area contributed by atoms with E-state index in [9.17, 15) is 10.1 Å². The monoisotopic (exact) mass is 382 g/mol. The van der Waals surface area contributed by atoms with Crippen molar-refractivity contribution in [1.82, 2.24) is 0 Å². The Balaban J connectivity index is 1.93. The number of hydrogen-bond donors (Lipinski definition) is 1. The molecule has 0 aliphatic carbocycles. The molecule has 1 aliphatic heterocycles. The minimum absolute atomic E-state index is 0.0538. The van der Waals surface area contributed by atoms with Gasteiger partial charge in [-0.2, -0.15) is 5.26 Å². The van der Waals surface area contributed by atoms with Crippen molar-refractivity contribution in [3.8, 4) is 17.6 Å². The van der Waals surface area contributed by atoms with Gasteiger partial charge in [0.1, 0.15) is 29.2 Å². The molecular formula is C21H19ClN2O3. The molecule has 0 saturated carbocycles. The number of fused-ring (bicyclic) bond motifs is 1. The number of para-hydroxylation sites is 1. The van der Waals surface area contributed by atoms with E-state index in [1.165, 1.54) is 6.08 Å². The molecule has 0 saturated heterocycles. The molecule has 1 atom stereocenters. The van der Waals surface area contributed by atoms with Crippen molar-refractivity contribution >= 4 is 29.3 Å². The Bertz CT molecular complexity index is 947. The van der Waals surface area contributed by atoms with Crippen LogP contribution in [-0.4, -0.2) is 18.6 Å². The first kappa shape index (κ1) is 18.8. The first-order chi connectivity index (χ1) is 13.0. The van der Waals surface area contributed by atoms with E-state index in [1.807, 2.05) is 32.0 Å². The lowest BCUT2D eigenvalue weighted by atomic mass is 10.0. The van der Waals surface area contributed by atoms with Crippen LogP contribution in [0.1, 0.15) is 25.0 Å². The average Bonchev–Trinajstić information content (AvgIpc) is 3.00. The minimum atomic E-state index is -0.539. The number of carbonyl (C=O) groups excluding carboxylic acids is 1. The van der Waals surface area contributed by atoms with Gasteiger partial charge in [-0.05, 0) is 44.2 Å². The van der Waals surface area contributed by atoms with Gasteiger partial charge in [-0.25, -0.2) is 0 Å². The van der Waals surface area contributed by atoms with Crippen LogP contribution in [0.3, 0.4) is 0 Å². The van der Waals surface area contributed by atoms with Crippen molar-refractivity contribution in [2.45, 2.75) is 26.4 Å². The highest BCUT2D eigenvalue weighted by molar-refractivity contribution is 6.34. The SMILES string of the molecule is CCOc1cc2c(cc1/C=C(\C#N)C(=O)Nc1ccccc1Cl)OC(C)C2. The number of amides is 1. The summed E-state index contributed by atoms with van der Waals surface area (Å²) in [7, 11) is 0. The van der Waals surface area contributed by atoms with E-state index in [1.54, 1.807) is 24.3 Å². The molecule has 0 spiro atoms. The summed E-state index contributed by atoms with van der Waals surface area (Å²) in [4.78, 5) is 12.5. The minimum Gasteiger partial charge on any atom is -0.493 e. The molecule has 5 nitrogen and oxygen atoms in total. The van der Waals surface area contributed by atoms with Crippen LogP contribution in [0.4, 0.5) is 5.69 Å². The van der Waals surface area contributed by atoms with Crippen LogP contribution in [0.2, 0.25) is 5.02 Å². The molecule has 2 aromatic rings. The Kier molecular flexibility index (Phi) is 5.68. The lowest BCUT2D eigenvalue weighted by molar-refractivity contribution is -0.112. The highest BCUT2D eigenvalue weighted by atomic mass is 35.5. The van der Waals surface area contributed by atoms with E-state index in [2.05, 4.69) is 5.32 Å². The van der Waals surface area contributed by atoms with Gasteiger partial charge in [-0.15, -0.1) is 0 Å². The quantitative estimate of drug-likeness (QED) is 0.605. The summed E-state index contributed by atoms with van der Waals surface area (Å²) in [5, 5.41) is 12.5. The summed E-state index contributed by atoms with van der Waals surface area (Å²) in [6, 6.07) is 12.5. The van der Waals surface area contributed by atoms with Crippen molar-refractivity contribution in [2.24, 2.45) is 0 Å². The number of nitrogens with one attached hydrogen (secondary N) is 1. The summed E-state index contributed by atoms with van der Waals surface area (Å²) >= 11 is 6.07. The van der Waals surface area contributed by atoms with Crippen molar-refractivity contribution in [1.29, 1.82) is 5.26 Å². The molecule has 6 heteroatoms. The van der Waals surface area contributed by atoms with Crippen molar-refractivity contribution in [3.05, 3.63) is 58.1 Å². The maximum atomic E-state index is 12.5. The molecule has 2 aromatic carbocycles. The zero-order chi connectivity index (χ0) is 19.4. The molecular weight excluding hydrogens is 364 g/mol. The Hall–Kier alpha value is -2.97. The second kappa shape index (κ2) is 8.15. The van der Waals surface area contributed by atoms with Gasteiger partial charge in [0, 0.05) is 17.5 Å². The molecule has 1 heterocycles. The number of carbonyl (C=O) groups is 1. The zero-order valence-electron chi connectivity index (χ0n) is 15.1. The van der Waals surface area contributed by atoms with Crippen LogP contribution < -0.4 is 14.8 Å². The zero-order valence-corrected chi connectivity index (χ0v) is 15.8. The summed E-state index contributed by atoms with van der Waals surface area (Å²) in [5.74, 6) is 0.830. The highest BCUT2D eigenvalue weighted by Gasteiger charge is 2.22. The van der Waals surface area contributed by atoms with Crippen molar-refractivity contribution in [2.75, 3.05) is 11.9 Å². The number of nitrogens with zero attached hydrogens (tertiary/aromatic N) is 1.